The molecule has 0 fully saturated rings. The van der Waals surface area contributed by atoms with Crippen molar-refractivity contribution in [2.75, 3.05) is 0 Å². The Morgan fingerprint density at radius 1 is 1.18 bits per heavy atom. The maximum absolute atomic E-state index is 8.83. The molecule has 0 saturated heterocycles. The van der Waals surface area contributed by atoms with Crippen LogP contribution in [0.15, 0.2) is 46.5 Å². The van der Waals surface area contributed by atoms with Gasteiger partial charge in [-0.3, -0.25) is 0 Å². The first-order valence-electron chi connectivity index (χ1n) is 5.30. The van der Waals surface area contributed by atoms with Crippen LogP contribution in [0, 0.1) is 25.2 Å². The Labute approximate surface area is 105 Å². The minimum Gasteiger partial charge on any atom is -0.250 e. The molecule has 1 aromatic carbocycles. The second-order valence-corrected chi connectivity index (χ2v) is 4.93. The van der Waals surface area contributed by atoms with Crippen molar-refractivity contribution in [2.24, 2.45) is 0 Å². The van der Waals surface area contributed by atoms with Crippen molar-refractivity contribution in [2.45, 2.75) is 23.8 Å². The lowest BCUT2D eigenvalue weighted by molar-refractivity contribution is 1.12. The van der Waals surface area contributed by atoms with Crippen LogP contribution in [0.1, 0.15) is 16.7 Å². The SMILES string of the molecule is Cc1ccc(Sc2cc(C#N)ccn2)c(C)c1. The smallest absolute Gasteiger partial charge is 0.102 e. The third-order valence-electron chi connectivity index (χ3n) is 2.41. The van der Waals surface area contributed by atoms with Gasteiger partial charge in [0.15, 0.2) is 0 Å². The lowest BCUT2D eigenvalue weighted by Gasteiger charge is -2.05. The van der Waals surface area contributed by atoms with E-state index < -0.39 is 0 Å². The standard InChI is InChI=1S/C14H12N2S/c1-10-3-4-13(11(2)7-10)17-14-8-12(9-15)5-6-16-14/h3-8H,1-2H3. The molecule has 0 amide bonds. The third kappa shape index (κ3) is 2.86. The highest BCUT2D eigenvalue weighted by Crippen LogP contribution is 2.29. The molecular formula is C14H12N2S. The number of nitriles is 1. The molecule has 0 aliphatic rings. The Morgan fingerprint density at radius 2 is 2.00 bits per heavy atom. The van der Waals surface area contributed by atoms with E-state index in [2.05, 4.69) is 43.1 Å². The molecular weight excluding hydrogens is 228 g/mol. The summed E-state index contributed by atoms with van der Waals surface area (Å²) in [5.74, 6) is 0. The first-order valence-corrected chi connectivity index (χ1v) is 6.12. The average molecular weight is 240 g/mol. The summed E-state index contributed by atoms with van der Waals surface area (Å²) in [4.78, 5) is 5.44. The van der Waals surface area contributed by atoms with Crippen molar-refractivity contribution in [3.05, 3.63) is 53.2 Å². The first kappa shape index (κ1) is 11.7. The molecule has 0 aliphatic heterocycles. The van der Waals surface area contributed by atoms with Gasteiger partial charge in [0.2, 0.25) is 0 Å². The fourth-order valence-electron chi connectivity index (χ4n) is 1.56. The number of hydrogen-bond donors (Lipinski definition) is 0. The van der Waals surface area contributed by atoms with Crippen molar-refractivity contribution in [1.29, 1.82) is 5.26 Å². The van der Waals surface area contributed by atoms with E-state index >= 15 is 0 Å². The Bertz CT molecular complexity index is 585. The summed E-state index contributed by atoms with van der Waals surface area (Å²) in [6.07, 6.45) is 1.67. The second kappa shape index (κ2) is 5.03. The molecule has 0 aliphatic carbocycles. The van der Waals surface area contributed by atoms with E-state index in [0.29, 0.717) is 5.56 Å². The number of benzene rings is 1. The van der Waals surface area contributed by atoms with Crippen molar-refractivity contribution in [1.82, 2.24) is 4.98 Å². The Kier molecular flexibility index (Phi) is 3.46. The zero-order valence-corrected chi connectivity index (χ0v) is 10.6. The predicted octanol–water partition coefficient (Wildman–Crippen LogP) is 3.72. The fraction of sp³-hybridized carbons (Fsp3) is 0.143. The van der Waals surface area contributed by atoms with Crippen molar-refractivity contribution < 1.29 is 0 Å². The van der Waals surface area contributed by atoms with E-state index in [-0.39, 0.29) is 0 Å². The van der Waals surface area contributed by atoms with Gasteiger partial charge in [-0.15, -0.1) is 0 Å². The zero-order valence-electron chi connectivity index (χ0n) is 9.77. The molecule has 1 heterocycles. The molecule has 0 saturated carbocycles. The predicted molar refractivity (Wildman–Crippen MR) is 69.0 cm³/mol. The molecule has 0 unspecified atom stereocenters. The van der Waals surface area contributed by atoms with Gasteiger partial charge in [0, 0.05) is 11.1 Å². The van der Waals surface area contributed by atoms with Crippen molar-refractivity contribution >= 4 is 11.8 Å². The second-order valence-electron chi connectivity index (χ2n) is 3.87. The molecule has 1 aromatic heterocycles. The number of nitrogens with zero attached hydrogens (tertiary/aromatic N) is 2. The minimum atomic E-state index is 0.646. The van der Waals surface area contributed by atoms with Crippen LogP contribution in [0.25, 0.3) is 0 Å². The van der Waals surface area contributed by atoms with E-state index in [0.717, 1.165) is 5.03 Å². The quantitative estimate of drug-likeness (QED) is 0.802. The van der Waals surface area contributed by atoms with Crippen LogP contribution in [-0.2, 0) is 0 Å². The van der Waals surface area contributed by atoms with E-state index in [1.54, 1.807) is 24.0 Å². The molecule has 0 spiro atoms. The summed E-state index contributed by atoms with van der Waals surface area (Å²) in [7, 11) is 0. The van der Waals surface area contributed by atoms with Crippen LogP contribution in [-0.4, -0.2) is 4.98 Å². The molecule has 84 valence electrons. The van der Waals surface area contributed by atoms with Crippen LogP contribution in [0.4, 0.5) is 0 Å². The van der Waals surface area contributed by atoms with Gasteiger partial charge in [-0.1, -0.05) is 29.5 Å². The van der Waals surface area contributed by atoms with E-state index in [9.17, 15) is 0 Å². The van der Waals surface area contributed by atoms with Crippen LogP contribution in [0.5, 0.6) is 0 Å². The van der Waals surface area contributed by atoms with Gasteiger partial charge in [-0.05, 0) is 37.6 Å². The molecule has 2 aromatic rings. The number of aryl methyl sites for hydroxylation is 2. The monoisotopic (exact) mass is 240 g/mol. The zero-order chi connectivity index (χ0) is 12.3. The highest BCUT2D eigenvalue weighted by molar-refractivity contribution is 7.99. The summed E-state index contributed by atoms with van der Waals surface area (Å²) in [5.41, 5.74) is 3.14. The molecule has 0 N–H and O–H groups in total. The summed E-state index contributed by atoms with van der Waals surface area (Å²) >= 11 is 1.59. The lowest BCUT2D eigenvalue weighted by atomic mass is 10.2. The highest BCUT2D eigenvalue weighted by Gasteiger charge is 2.03. The lowest BCUT2D eigenvalue weighted by Crippen LogP contribution is -1.85. The Morgan fingerprint density at radius 3 is 2.71 bits per heavy atom. The summed E-state index contributed by atoms with van der Waals surface area (Å²) in [6, 6.07) is 12.0. The van der Waals surface area contributed by atoms with Gasteiger partial charge < -0.3 is 0 Å². The van der Waals surface area contributed by atoms with Crippen molar-refractivity contribution in [3.8, 4) is 6.07 Å². The molecule has 0 radical (unpaired) electrons. The van der Waals surface area contributed by atoms with Crippen LogP contribution in [0.3, 0.4) is 0 Å². The normalized spacial score (nSPS) is 9.94. The summed E-state index contributed by atoms with van der Waals surface area (Å²) in [6.45, 7) is 4.17. The first-order chi connectivity index (χ1) is 8.19. The Balaban J connectivity index is 2.28. The maximum atomic E-state index is 8.83. The van der Waals surface area contributed by atoms with Crippen molar-refractivity contribution in [3.63, 3.8) is 0 Å². The topological polar surface area (TPSA) is 36.7 Å². The fourth-order valence-corrected chi connectivity index (χ4v) is 2.44. The molecule has 2 nitrogen and oxygen atoms in total. The average Bonchev–Trinajstić information content (AvgIpc) is 2.33. The van der Waals surface area contributed by atoms with E-state index in [1.165, 1.54) is 16.0 Å². The number of pyridine rings is 1. The largest absolute Gasteiger partial charge is 0.250 e. The maximum Gasteiger partial charge on any atom is 0.102 e. The molecule has 0 bridgehead atoms. The Hall–Kier alpha value is -1.79. The molecule has 3 heteroatoms. The molecule has 0 atom stereocenters. The highest BCUT2D eigenvalue weighted by atomic mass is 32.2. The molecule has 17 heavy (non-hydrogen) atoms. The number of hydrogen-bond acceptors (Lipinski definition) is 3. The van der Waals surface area contributed by atoms with Gasteiger partial charge in [-0.25, -0.2) is 4.98 Å². The van der Waals surface area contributed by atoms with Gasteiger partial charge in [-0.2, -0.15) is 5.26 Å². The number of aromatic nitrogens is 1. The van der Waals surface area contributed by atoms with E-state index in [1.807, 2.05) is 6.07 Å². The summed E-state index contributed by atoms with van der Waals surface area (Å²) in [5, 5.41) is 9.69. The van der Waals surface area contributed by atoms with Gasteiger partial charge in [0.05, 0.1) is 11.6 Å². The van der Waals surface area contributed by atoms with Crippen LogP contribution in [0.2, 0.25) is 0 Å². The van der Waals surface area contributed by atoms with Gasteiger partial charge in [0.1, 0.15) is 5.03 Å². The minimum absolute atomic E-state index is 0.646. The third-order valence-corrected chi connectivity index (χ3v) is 3.52. The summed E-state index contributed by atoms with van der Waals surface area (Å²) < 4.78 is 0. The molecule has 2 rings (SSSR count). The van der Waals surface area contributed by atoms with Crippen LogP contribution < -0.4 is 0 Å². The van der Waals surface area contributed by atoms with Gasteiger partial charge in [0.25, 0.3) is 0 Å². The number of rotatable bonds is 2. The van der Waals surface area contributed by atoms with Gasteiger partial charge >= 0.3 is 0 Å². The van der Waals surface area contributed by atoms with Crippen LogP contribution >= 0.6 is 11.8 Å². The van der Waals surface area contributed by atoms with E-state index in [4.69, 9.17) is 5.26 Å².